The molecule has 0 spiro atoms. The quantitative estimate of drug-likeness (QED) is 0.845. The van der Waals surface area contributed by atoms with Crippen LogP contribution in [0.2, 0.25) is 0 Å². The van der Waals surface area contributed by atoms with Crippen LogP contribution < -0.4 is 4.74 Å². The maximum atomic E-state index is 10.8. The van der Waals surface area contributed by atoms with Crippen molar-refractivity contribution in [3.05, 3.63) is 41.5 Å². The van der Waals surface area contributed by atoms with E-state index in [0.717, 1.165) is 24.5 Å². The van der Waals surface area contributed by atoms with Crippen molar-refractivity contribution in [2.24, 2.45) is 0 Å². The fraction of sp³-hybridized carbons (Fsp3) is 0.400. The van der Waals surface area contributed by atoms with Gasteiger partial charge in [-0.15, -0.1) is 0 Å². The molecule has 1 aromatic heterocycles. The number of carboxylic acid groups (broad SMARTS) is 1. The third-order valence-electron chi connectivity index (χ3n) is 3.10. The number of rotatable bonds is 7. The fourth-order valence-corrected chi connectivity index (χ4v) is 1.96. The van der Waals surface area contributed by atoms with E-state index in [1.165, 1.54) is 12.1 Å². The van der Waals surface area contributed by atoms with Gasteiger partial charge in [-0.1, -0.05) is 13.8 Å². The van der Waals surface area contributed by atoms with Crippen LogP contribution in [0.15, 0.2) is 24.3 Å². The van der Waals surface area contributed by atoms with Gasteiger partial charge in [0, 0.05) is 12.8 Å². The lowest BCUT2D eigenvalue weighted by Crippen LogP contribution is -2.12. The molecule has 6 nitrogen and oxygen atoms in total. The lowest BCUT2D eigenvalue weighted by Gasteiger charge is -2.07. The molecule has 1 N–H and O–H groups in total. The van der Waals surface area contributed by atoms with E-state index in [4.69, 9.17) is 9.84 Å². The number of carboxylic acids is 1. The highest BCUT2D eigenvalue weighted by atomic mass is 16.5. The molecular weight excluding hydrogens is 270 g/mol. The van der Waals surface area contributed by atoms with E-state index in [9.17, 15) is 4.79 Å². The minimum atomic E-state index is -0.941. The van der Waals surface area contributed by atoms with Gasteiger partial charge in [-0.3, -0.25) is 0 Å². The van der Waals surface area contributed by atoms with E-state index in [2.05, 4.69) is 10.1 Å². The summed E-state index contributed by atoms with van der Waals surface area (Å²) in [4.78, 5) is 15.2. The second-order valence-electron chi connectivity index (χ2n) is 4.55. The van der Waals surface area contributed by atoms with Gasteiger partial charge in [-0.05, 0) is 24.3 Å². The molecule has 0 radical (unpaired) electrons. The Hall–Kier alpha value is -2.37. The topological polar surface area (TPSA) is 77.2 Å². The van der Waals surface area contributed by atoms with E-state index in [1.54, 1.807) is 12.1 Å². The Kier molecular flexibility index (Phi) is 4.92. The van der Waals surface area contributed by atoms with Gasteiger partial charge in [0.15, 0.2) is 5.82 Å². The summed E-state index contributed by atoms with van der Waals surface area (Å²) in [5.74, 6) is 1.51. The Balaban J connectivity index is 1.92. The molecule has 0 bridgehead atoms. The number of aromatic nitrogens is 3. The molecule has 0 fully saturated rings. The van der Waals surface area contributed by atoms with Gasteiger partial charge in [-0.25, -0.2) is 14.5 Å². The van der Waals surface area contributed by atoms with Gasteiger partial charge >= 0.3 is 5.97 Å². The van der Waals surface area contributed by atoms with Crippen molar-refractivity contribution in [2.45, 2.75) is 33.2 Å². The van der Waals surface area contributed by atoms with Gasteiger partial charge in [0.05, 0.1) is 12.1 Å². The van der Waals surface area contributed by atoms with Gasteiger partial charge in [0.2, 0.25) is 0 Å². The summed E-state index contributed by atoms with van der Waals surface area (Å²) in [6, 6.07) is 6.37. The van der Waals surface area contributed by atoms with E-state index in [-0.39, 0.29) is 5.56 Å². The number of aromatic carboxylic acids is 1. The molecule has 0 amide bonds. The summed E-state index contributed by atoms with van der Waals surface area (Å²) in [6.07, 6.45) is 1.65. The normalized spacial score (nSPS) is 10.6. The molecular formula is C15H19N3O3. The zero-order valence-electron chi connectivity index (χ0n) is 12.2. The number of ether oxygens (including phenoxy) is 1. The van der Waals surface area contributed by atoms with Crippen LogP contribution in [0, 0.1) is 0 Å². The Labute approximate surface area is 123 Å². The maximum Gasteiger partial charge on any atom is 0.335 e. The van der Waals surface area contributed by atoms with Crippen LogP contribution in [0.1, 0.15) is 35.9 Å². The van der Waals surface area contributed by atoms with Crippen LogP contribution in [0.5, 0.6) is 5.75 Å². The number of benzene rings is 1. The summed E-state index contributed by atoms with van der Waals surface area (Å²) < 4.78 is 7.47. The highest BCUT2D eigenvalue weighted by Gasteiger charge is 2.07. The first-order valence-corrected chi connectivity index (χ1v) is 7.02. The SMILES string of the molecule is CCc1nc(CC)n(CCOc2ccc(C(=O)O)cc2)n1. The molecule has 112 valence electrons. The summed E-state index contributed by atoms with van der Waals surface area (Å²) in [7, 11) is 0. The van der Waals surface area contributed by atoms with Gasteiger partial charge in [0.1, 0.15) is 18.2 Å². The van der Waals surface area contributed by atoms with E-state index < -0.39 is 5.97 Å². The molecule has 2 rings (SSSR count). The zero-order valence-corrected chi connectivity index (χ0v) is 12.2. The fourth-order valence-electron chi connectivity index (χ4n) is 1.96. The maximum absolute atomic E-state index is 10.8. The van der Waals surface area contributed by atoms with Crippen molar-refractivity contribution in [1.82, 2.24) is 14.8 Å². The van der Waals surface area contributed by atoms with Crippen LogP contribution in [0.25, 0.3) is 0 Å². The average molecular weight is 289 g/mol. The first kappa shape index (κ1) is 15.0. The third kappa shape index (κ3) is 3.81. The summed E-state index contributed by atoms with van der Waals surface area (Å²) in [6.45, 7) is 5.16. The average Bonchev–Trinajstić information content (AvgIpc) is 2.90. The van der Waals surface area contributed by atoms with E-state index in [1.807, 2.05) is 18.5 Å². The molecule has 1 aromatic carbocycles. The second-order valence-corrected chi connectivity index (χ2v) is 4.55. The Morgan fingerprint density at radius 2 is 1.95 bits per heavy atom. The molecule has 0 unspecified atom stereocenters. The Bertz CT molecular complexity index is 605. The van der Waals surface area contributed by atoms with Crippen LogP contribution in [-0.4, -0.2) is 32.4 Å². The van der Waals surface area contributed by atoms with Gasteiger partial charge in [-0.2, -0.15) is 5.10 Å². The van der Waals surface area contributed by atoms with Crippen molar-refractivity contribution in [2.75, 3.05) is 6.61 Å². The molecule has 0 saturated heterocycles. The molecule has 1 heterocycles. The molecule has 21 heavy (non-hydrogen) atoms. The first-order valence-electron chi connectivity index (χ1n) is 7.02. The molecule has 0 aliphatic carbocycles. The number of carbonyl (C=O) groups is 1. The van der Waals surface area contributed by atoms with Gasteiger partial charge in [0.25, 0.3) is 0 Å². The molecule has 0 atom stereocenters. The van der Waals surface area contributed by atoms with Crippen molar-refractivity contribution in [3.8, 4) is 5.75 Å². The molecule has 0 aliphatic heterocycles. The van der Waals surface area contributed by atoms with Crippen molar-refractivity contribution in [1.29, 1.82) is 0 Å². The molecule has 0 aliphatic rings. The number of hydrogen-bond acceptors (Lipinski definition) is 4. The second kappa shape index (κ2) is 6.88. The standard InChI is InChI=1S/C15H19N3O3/c1-3-13-16-14(4-2)18(17-13)9-10-21-12-7-5-11(6-8-12)15(19)20/h5-8H,3-4,9-10H2,1-2H3,(H,19,20). The van der Waals surface area contributed by atoms with Crippen molar-refractivity contribution in [3.63, 3.8) is 0 Å². The minimum Gasteiger partial charge on any atom is -0.492 e. The summed E-state index contributed by atoms with van der Waals surface area (Å²) in [5, 5.41) is 13.2. The van der Waals surface area contributed by atoms with Crippen LogP contribution in [-0.2, 0) is 19.4 Å². The third-order valence-corrected chi connectivity index (χ3v) is 3.10. The van der Waals surface area contributed by atoms with E-state index in [0.29, 0.717) is 18.9 Å². The predicted octanol–water partition coefficient (Wildman–Crippen LogP) is 2.18. The van der Waals surface area contributed by atoms with Crippen LogP contribution in [0.3, 0.4) is 0 Å². The molecule has 6 heteroatoms. The molecule has 0 saturated carbocycles. The van der Waals surface area contributed by atoms with Crippen molar-refractivity contribution < 1.29 is 14.6 Å². The molecule has 2 aromatic rings. The zero-order chi connectivity index (χ0) is 15.2. The minimum absolute atomic E-state index is 0.250. The van der Waals surface area contributed by atoms with Crippen molar-refractivity contribution >= 4 is 5.97 Å². The highest BCUT2D eigenvalue weighted by Crippen LogP contribution is 2.12. The lowest BCUT2D eigenvalue weighted by atomic mass is 10.2. The van der Waals surface area contributed by atoms with Gasteiger partial charge < -0.3 is 9.84 Å². The van der Waals surface area contributed by atoms with E-state index >= 15 is 0 Å². The number of aryl methyl sites for hydroxylation is 2. The summed E-state index contributed by atoms with van der Waals surface area (Å²) in [5.41, 5.74) is 0.250. The first-order chi connectivity index (χ1) is 10.1. The lowest BCUT2D eigenvalue weighted by molar-refractivity contribution is 0.0697. The number of nitrogens with zero attached hydrogens (tertiary/aromatic N) is 3. The predicted molar refractivity (Wildman–Crippen MR) is 77.7 cm³/mol. The van der Waals surface area contributed by atoms with Crippen LogP contribution >= 0.6 is 0 Å². The summed E-state index contributed by atoms with van der Waals surface area (Å²) >= 11 is 0. The van der Waals surface area contributed by atoms with Crippen LogP contribution in [0.4, 0.5) is 0 Å². The Morgan fingerprint density at radius 3 is 2.52 bits per heavy atom. The largest absolute Gasteiger partial charge is 0.492 e. The highest BCUT2D eigenvalue weighted by molar-refractivity contribution is 5.87. The monoisotopic (exact) mass is 289 g/mol. The Morgan fingerprint density at radius 1 is 1.24 bits per heavy atom. The number of hydrogen-bond donors (Lipinski definition) is 1. The smallest absolute Gasteiger partial charge is 0.335 e.